The van der Waals surface area contributed by atoms with Gasteiger partial charge in [-0.05, 0) is 37.1 Å². The van der Waals surface area contributed by atoms with Crippen molar-refractivity contribution in [3.05, 3.63) is 65.1 Å². The van der Waals surface area contributed by atoms with Crippen LogP contribution in [0.15, 0.2) is 53.7 Å². The maximum atomic E-state index is 13.3. The molecule has 1 aromatic carbocycles. The summed E-state index contributed by atoms with van der Waals surface area (Å²) in [5, 5.41) is 1.53. The van der Waals surface area contributed by atoms with Crippen molar-refractivity contribution in [2.75, 3.05) is 25.2 Å². The summed E-state index contributed by atoms with van der Waals surface area (Å²) < 4.78 is 7.03. The van der Waals surface area contributed by atoms with Crippen molar-refractivity contribution in [1.82, 2.24) is 24.5 Å². The molecule has 4 heterocycles. The van der Waals surface area contributed by atoms with Crippen molar-refractivity contribution in [2.45, 2.75) is 25.4 Å². The van der Waals surface area contributed by atoms with Crippen LogP contribution in [0.2, 0.25) is 0 Å². The van der Waals surface area contributed by atoms with Gasteiger partial charge >= 0.3 is 0 Å². The second kappa shape index (κ2) is 7.79. The molecule has 152 valence electrons. The fourth-order valence-electron chi connectivity index (χ4n) is 4.24. The predicted octanol–water partition coefficient (Wildman–Crippen LogP) is 2.72. The number of anilines is 1. The lowest BCUT2D eigenvalue weighted by molar-refractivity contribution is 0.184. The zero-order valence-electron chi connectivity index (χ0n) is 16.7. The monoisotopic (exact) mass is 402 g/mol. The molecule has 0 bridgehead atoms. The number of hydrogen-bond acceptors (Lipinski definition) is 7. The number of aromatic nitrogens is 5. The second-order valence-corrected chi connectivity index (χ2v) is 7.36. The SMILES string of the molecule is COCCn1c(C2CCCN2c2ncnc3ncccc23)nc2ccccc2c1=O. The predicted molar refractivity (Wildman–Crippen MR) is 115 cm³/mol. The number of nitrogens with zero attached hydrogens (tertiary/aromatic N) is 6. The molecule has 4 aromatic rings. The third kappa shape index (κ3) is 3.09. The third-order valence-corrected chi connectivity index (χ3v) is 5.62. The average molecular weight is 402 g/mol. The van der Waals surface area contributed by atoms with Crippen LogP contribution < -0.4 is 10.5 Å². The Morgan fingerprint density at radius 1 is 1.10 bits per heavy atom. The van der Waals surface area contributed by atoms with E-state index in [1.165, 1.54) is 0 Å². The van der Waals surface area contributed by atoms with Gasteiger partial charge in [0.25, 0.3) is 5.56 Å². The molecule has 1 aliphatic rings. The molecule has 1 atom stereocenters. The van der Waals surface area contributed by atoms with Gasteiger partial charge in [-0.25, -0.2) is 19.9 Å². The minimum atomic E-state index is -0.0579. The van der Waals surface area contributed by atoms with Gasteiger partial charge in [0.1, 0.15) is 18.0 Å². The van der Waals surface area contributed by atoms with E-state index in [4.69, 9.17) is 9.72 Å². The normalized spacial score (nSPS) is 16.6. The number of methoxy groups -OCH3 is 1. The van der Waals surface area contributed by atoms with Crippen molar-refractivity contribution in [2.24, 2.45) is 0 Å². The Kier molecular flexibility index (Phi) is 4.84. The minimum absolute atomic E-state index is 0.0336. The molecule has 1 unspecified atom stereocenters. The van der Waals surface area contributed by atoms with Crippen molar-refractivity contribution >= 4 is 27.8 Å². The molecule has 0 radical (unpaired) electrons. The second-order valence-electron chi connectivity index (χ2n) is 7.36. The lowest BCUT2D eigenvalue weighted by Crippen LogP contribution is -2.33. The summed E-state index contributed by atoms with van der Waals surface area (Å²) in [6, 6.07) is 11.3. The number of para-hydroxylation sites is 1. The van der Waals surface area contributed by atoms with E-state index in [-0.39, 0.29) is 11.6 Å². The van der Waals surface area contributed by atoms with Gasteiger partial charge in [-0.3, -0.25) is 9.36 Å². The van der Waals surface area contributed by atoms with Crippen LogP contribution in [0.1, 0.15) is 24.7 Å². The van der Waals surface area contributed by atoms with Gasteiger partial charge in [-0.1, -0.05) is 12.1 Å². The topological polar surface area (TPSA) is 86.0 Å². The number of benzene rings is 1. The maximum Gasteiger partial charge on any atom is 0.261 e. The Hall–Kier alpha value is -3.39. The largest absolute Gasteiger partial charge is 0.383 e. The number of fused-ring (bicyclic) bond motifs is 2. The van der Waals surface area contributed by atoms with Crippen LogP contribution in [0.4, 0.5) is 5.82 Å². The van der Waals surface area contributed by atoms with Crippen LogP contribution in [-0.2, 0) is 11.3 Å². The van der Waals surface area contributed by atoms with Crippen LogP contribution in [-0.4, -0.2) is 44.8 Å². The summed E-state index contributed by atoms with van der Waals surface area (Å²) >= 11 is 0. The molecule has 1 aliphatic heterocycles. The molecule has 0 saturated carbocycles. The molecular formula is C22H22N6O2. The first kappa shape index (κ1) is 18.6. The molecule has 0 amide bonds. The Labute approximate surface area is 173 Å². The van der Waals surface area contributed by atoms with Crippen LogP contribution in [0.5, 0.6) is 0 Å². The standard InChI is InChI=1S/C22H22N6O2/c1-30-13-12-28-21(26-17-8-3-2-6-15(17)22(28)29)18-9-5-11-27(18)20-16-7-4-10-23-19(16)24-14-25-20/h2-4,6-8,10,14,18H,5,9,11-13H2,1H3. The first-order valence-corrected chi connectivity index (χ1v) is 10.1. The van der Waals surface area contributed by atoms with E-state index in [2.05, 4.69) is 19.9 Å². The highest BCUT2D eigenvalue weighted by Gasteiger charge is 2.32. The highest BCUT2D eigenvalue weighted by Crippen LogP contribution is 2.36. The Morgan fingerprint density at radius 2 is 1.97 bits per heavy atom. The first-order chi connectivity index (χ1) is 14.8. The smallest absolute Gasteiger partial charge is 0.261 e. The lowest BCUT2D eigenvalue weighted by atomic mass is 10.1. The molecule has 3 aromatic heterocycles. The number of hydrogen-bond donors (Lipinski definition) is 0. The van der Waals surface area contributed by atoms with E-state index in [1.54, 1.807) is 24.2 Å². The Morgan fingerprint density at radius 3 is 2.87 bits per heavy atom. The lowest BCUT2D eigenvalue weighted by Gasteiger charge is -2.28. The van der Waals surface area contributed by atoms with Gasteiger partial charge in [0.2, 0.25) is 0 Å². The van der Waals surface area contributed by atoms with Crippen molar-refractivity contribution in [3.8, 4) is 0 Å². The number of pyridine rings is 1. The Bertz CT molecular complexity index is 1270. The summed E-state index contributed by atoms with van der Waals surface area (Å²) in [4.78, 5) is 33.7. The maximum absolute atomic E-state index is 13.3. The summed E-state index contributed by atoms with van der Waals surface area (Å²) in [5.41, 5.74) is 1.34. The highest BCUT2D eigenvalue weighted by molar-refractivity contribution is 5.87. The van der Waals surface area contributed by atoms with E-state index in [9.17, 15) is 4.79 Å². The molecule has 30 heavy (non-hydrogen) atoms. The van der Waals surface area contributed by atoms with Gasteiger partial charge in [0.05, 0.1) is 35.5 Å². The van der Waals surface area contributed by atoms with E-state index in [0.717, 1.165) is 36.4 Å². The highest BCUT2D eigenvalue weighted by atomic mass is 16.5. The van der Waals surface area contributed by atoms with Crippen LogP contribution >= 0.6 is 0 Å². The van der Waals surface area contributed by atoms with Crippen LogP contribution in [0.3, 0.4) is 0 Å². The van der Waals surface area contributed by atoms with Gasteiger partial charge in [0.15, 0.2) is 5.65 Å². The zero-order chi connectivity index (χ0) is 20.5. The zero-order valence-corrected chi connectivity index (χ0v) is 16.7. The van der Waals surface area contributed by atoms with Crippen LogP contribution in [0, 0.1) is 0 Å². The molecule has 1 fully saturated rings. The fourth-order valence-corrected chi connectivity index (χ4v) is 4.24. The van der Waals surface area contributed by atoms with Gasteiger partial charge < -0.3 is 9.64 Å². The van der Waals surface area contributed by atoms with Gasteiger partial charge in [0, 0.05) is 19.9 Å². The van der Waals surface area contributed by atoms with Crippen molar-refractivity contribution < 1.29 is 4.74 Å². The summed E-state index contributed by atoms with van der Waals surface area (Å²) in [6.07, 6.45) is 5.16. The minimum Gasteiger partial charge on any atom is -0.383 e. The van der Waals surface area contributed by atoms with Crippen LogP contribution in [0.25, 0.3) is 21.9 Å². The summed E-state index contributed by atoms with van der Waals surface area (Å²) in [6.45, 7) is 1.73. The molecule has 0 spiro atoms. The quantitative estimate of drug-likeness (QED) is 0.507. The van der Waals surface area contributed by atoms with Gasteiger partial charge in [-0.15, -0.1) is 0 Å². The Balaban J connectivity index is 1.67. The molecule has 0 N–H and O–H groups in total. The molecular weight excluding hydrogens is 380 g/mol. The molecule has 1 saturated heterocycles. The first-order valence-electron chi connectivity index (χ1n) is 10.1. The fraction of sp³-hybridized carbons (Fsp3) is 0.318. The van der Waals surface area contributed by atoms with E-state index < -0.39 is 0 Å². The number of rotatable bonds is 5. The van der Waals surface area contributed by atoms with E-state index in [0.29, 0.717) is 29.7 Å². The van der Waals surface area contributed by atoms with Gasteiger partial charge in [-0.2, -0.15) is 0 Å². The molecule has 8 nitrogen and oxygen atoms in total. The average Bonchev–Trinajstić information content (AvgIpc) is 3.27. The third-order valence-electron chi connectivity index (χ3n) is 5.62. The van der Waals surface area contributed by atoms with Crippen molar-refractivity contribution in [1.29, 1.82) is 0 Å². The number of ether oxygens (including phenoxy) is 1. The van der Waals surface area contributed by atoms with E-state index >= 15 is 0 Å². The van der Waals surface area contributed by atoms with E-state index in [1.807, 2.05) is 36.4 Å². The van der Waals surface area contributed by atoms with Crippen molar-refractivity contribution in [3.63, 3.8) is 0 Å². The summed E-state index contributed by atoms with van der Waals surface area (Å²) in [5.74, 6) is 1.58. The molecule has 0 aliphatic carbocycles. The summed E-state index contributed by atoms with van der Waals surface area (Å²) in [7, 11) is 1.64. The molecule has 8 heteroatoms. The molecule has 5 rings (SSSR count).